The zero-order chi connectivity index (χ0) is 14.0. The summed E-state index contributed by atoms with van der Waals surface area (Å²) < 4.78 is 6.68. The van der Waals surface area contributed by atoms with E-state index in [4.69, 9.17) is 22.1 Å². The molecule has 2 N–H and O–H groups in total. The Hall–Kier alpha value is -2.08. The van der Waals surface area contributed by atoms with Crippen molar-refractivity contribution in [1.29, 1.82) is 0 Å². The van der Waals surface area contributed by atoms with Gasteiger partial charge < -0.3 is 10.5 Å². The van der Waals surface area contributed by atoms with E-state index in [1.165, 1.54) is 16.9 Å². The van der Waals surface area contributed by atoms with E-state index in [0.717, 1.165) is 5.69 Å². The molecular formula is C12H13ClN4O2. The van der Waals surface area contributed by atoms with Gasteiger partial charge in [0.25, 0.3) is 0 Å². The van der Waals surface area contributed by atoms with Crippen LogP contribution in [0.15, 0.2) is 18.3 Å². The van der Waals surface area contributed by atoms with E-state index in [-0.39, 0.29) is 12.3 Å². The van der Waals surface area contributed by atoms with Gasteiger partial charge in [-0.1, -0.05) is 11.6 Å². The maximum absolute atomic E-state index is 11.8. The molecule has 0 saturated carbocycles. The van der Waals surface area contributed by atoms with Crippen LogP contribution < -0.4 is 5.73 Å². The molecular weight excluding hydrogens is 268 g/mol. The van der Waals surface area contributed by atoms with E-state index in [1.54, 1.807) is 20.0 Å². The Morgan fingerprint density at radius 1 is 1.53 bits per heavy atom. The molecule has 100 valence electrons. The quantitative estimate of drug-likeness (QED) is 0.866. The van der Waals surface area contributed by atoms with Gasteiger partial charge in [-0.2, -0.15) is 5.10 Å². The Labute approximate surface area is 115 Å². The van der Waals surface area contributed by atoms with E-state index in [2.05, 4.69) is 10.1 Å². The van der Waals surface area contributed by atoms with Crippen molar-refractivity contribution in [2.45, 2.75) is 13.5 Å². The Morgan fingerprint density at radius 2 is 2.26 bits per heavy atom. The van der Waals surface area contributed by atoms with Crippen molar-refractivity contribution >= 4 is 23.3 Å². The average molecular weight is 281 g/mol. The van der Waals surface area contributed by atoms with Crippen LogP contribution in [0.5, 0.6) is 0 Å². The molecule has 2 heterocycles. The van der Waals surface area contributed by atoms with E-state index < -0.39 is 5.97 Å². The van der Waals surface area contributed by atoms with Crippen LogP contribution in [0.25, 0.3) is 0 Å². The predicted molar refractivity (Wildman–Crippen MR) is 70.7 cm³/mol. The first kappa shape index (κ1) is 13.4. The van der Waals surface area contributed by atoms with Gasteiger partial charge in [0.2, 0.25) is 0 Å². The second-order valence-electron chi connectivity index (χ2n) is 4.03. The molecule has 2 aromatic rings. The van der Waals surface area contributed by atoms with Crippen molar-refractivity contribution in [3.05, 3.63) is 40.4 Å². The molecule has 0 aromatic carbocycles. The summed E-state index contributed by atoms with van der Waals surface area (Å²) in [5.41, 5.74) is 7.60. The standard InChI is InChI=1S/C12H13ClN4O2/c1-7-9(11(13)17(2)16-7)6-19-12(18)10-4-3-8(14)5-15-10/h3-5H,6,14H2,1-2H3. The van der Waals surface area contributed by atoms with Gasteiger partial charge in [0.1, 0.15) is 17.5 Å². The van der Waals surface area contributed by atoms with Crippen molar-refractivity contribution < 1.29 is 9.53 Å². The van der Waals surface area contributed by atoms with Gasteiger partial charge in [-0.05, 0) is 19.1 Å². The lowest BCUT2D eigenvalue weighted by Gasteiger charge is -2.04. The van der Waals surface area contributed by atoms with Crippen molar-refractivity contribution in [3.8, 4) is 0 Å². The maximum Gasteiger partial charge on any atom is 0.357 e. The molecule has 0 aliphatic carbocycles. The van der Waals surface area contributed by atoms with Gasteiger partial charge in [0, 0.05) is 12.6 Å². The molecule has 0 spiro atoms. The number of hydrogen-bond acceptors (Lipinski definition) is 5. The van der Waals surface area contributed by atoms with Crippen molar-refractivity contribution in [2.24, 2.45) is 7.05 Å². The third-order valence-electron chi connectivity index (χ3n) is 2.61. The molecule has 0 fully saturated rings. The summed E-state index contributed by atoms with van der Waals surface area (Å²) in [4.78, 5) is 15.7. The van der Waals surface area contributed by atoms with Crippen LogP contribution in [0.2, 0.25) is 5.15 Å². The minimum absolute atomic E-state index is 0.0589. The molecule has 0 atom stereocenters. The third kappa shape index (κ3) is 2.85. The Balaban J connectivity index is 2.06. The number of rotatable bonds is 3. The number of aromatic nitrogens is 3. The van der Waals surface area contributed by atoms with Gasteiger partial charge in [-0.15, -0.1) is 0 Å². The van der Waals surface area contributed by atoms with Crippen LogP contribution in [0.3, 0.4) is 0 Å². The van der Waals surface area contributed by atoms with Gasteiger partial charge in [-0.25, -0.2) is 9.78 Å². The highest BCUT2D eigenvalue weighted by molar-refractivity contribution is 6.30. The van der Waals surface area contributed by atoms with E-state index in [0.29, 0.717) is 16.4 Å². The fourth-order valence-corrected chi connectivity index (χ4v) is 1.80. The lowest BCUT2D eigenvalue weighted by molar-refractivity contribution is 0.0465. The van der Waals surface area contributed by atoms with E-state index >= 15 is 0 Å². The third-order valence-corrected chi connectivity index (χ3v) is 3.09. The first-order valence-electron chi connectivity index (χ1n) is 5.55. The van der Waals surface area contributed by atoms with Crippen LogP contribution in [0.4, 0.5) is 5.69 Å². The first-order chi connectivity index (χ1) is 8.99. The molecule has 0 aliphatic heterocycles. The zero-order valence-electron chi connectivity index (χ0n) is 10.6. The molecule has 0 bridgehead atoms. The SMILES string of the molecule is Cc1nn(C)c(Cl)c1COC(=O)c1ccc(N)cn1. The highest BCUT2D eigenvalue weighted by Gasteiger charge is 2.15. The molecule has 0 saturated heterocycles. The van der Waals surface area contributed by atoms with Crippen LogP contribution in [0.1, 0.15) is 21.7 Å². The molecule has 2 rings (SSSR count). The fourth-order valence-electron chi connectivity index (χ4n) is 1.58. The Morgan fingerprint density at radius 3 is 2.79 bits per heavy atom. The van der Waals surface area contributed by atoms with Crippen molar-refractivity contribution in [3.63, 3.8) is 0 Å². The number of halogens is 1. The summed E-state index contributed by atoms with van der Waals surface area (Å²) in [6, 6.07) is 3.10. The lowest BCUT2D eigenvalue weighted by Crippen LogP contribution is -2.08. The summed E-state index contributed by atoms with van der Waals surface area (Å²) in [5, 5.41) is 4.59. The monoisotopic (exact) mass is 280 g/mol. The van der Waals surface area contributed by atoms with Crippen LogP contribution in [0, 0.1) is 6.92 Å². The first-order valence-corrected chi connectivity index (χ1v) is 5.93. The number of aryl methyl sites for hydroxylation is 2. The van der Waals surface area contributed by atoms with E-state index in [1.807, 2.05) is 0 Å². The largest absolute Gasteiger partial charge is 0.456 e. The molecule has 0 radical (unpaired) electrons. The van der Waals surface area contributed by atoms with Crippen LogP contribution in [-0.2, 0) is 18.4 Å². The number of nitrogens with zero attached hydrogens (tertiary/aromatic N) is 3. The number of anilines is 1. The highest BCUT2D eigenvalue weighted by atomic mass is 35.5. The number of ether oxygens (including phenoxy) is 1. The summed E-state index contributed by atoms with van der Waals surface area (Å²) in [6.45, 7) is 1.86. The number of hydrogen-bond donors (Lipinski definition) is 1. The second-order valence-corrected chi connectivity index (χ2v) is 4.39. The van der Waals surface area contributed by atoms with E-state index in [9.17, 15) is 4.79 Å². The topological polar surface area (TPSA) is 83.0 Å². The number of nitrogens with two attached hydrogens (primary N) is 1. The summed E-state index contributed by atoms with van der Waals surface area (Å²) in [6.07, 6.45) is 1.40. The predicted octanol–water partition coefficient (Wildman–Crippen LogP) is 1.72. The van der Waals surface area contributed by atoms with Gasteiger partial charge in [-0.3, -0.25) is 4.68 Å². The van der Waals surface area contributed by atoms with Crippen molar-refractivity contribution in [1.82, 2.24) is 14.8 Å². The number of carbonyl (C=O) groups is 1. The lowest BCUT2D eigenvalue weighted by atomic mass is 10.3. The number of pyridine rings is 1. The molecule has 7 heteroatoms. The molecule has 0 amide bonds. The number of carbonyl (C=O) groups excluding carboxylic acids is 1. The maximum atomic E-state index is 11.8. The molecule has 0 unspecified atom stereocenters. The smallest absolute Gasteiger partial charge is 0.357 e. The summed E-state index contributed by atoms with van der Waals surface area (Å²) in [7, 11) is 1.72. The fraction of sp³-hybridized carbons (Fsp3) is 0.250. The second kappa shape index (κ2) is 5.27. The normalized spacial score (nSPS) is 10.5. The number of nitrogen functional groups attached to an aromatic ring is 1. The zero-order valence-corrected chi connectivity index (χ0v) is 11.3. The van der Waals surface area contributed by atoms with Gasteiger partial charge in [0.05, 0.1) is 17.6 Å². The van der Waals surface area contributed by atoms with Crippen molar-refractivity contribution in [2.75, 3.05) is 5.73 Å². The molecule has 0 aliphatic rings. The molecule has 19 heavy (non-hydrogen) atoms. The molecule has 2 aromatic heterocycles. The Bertz CT molecular complexity index is 607. The van der Waals surface area contributed by atoms with Gasteiger partial charge >= 0.3 is 5.97 Å². The van der Waals surface area contributed by atoms with Crippen LogP contribution >= 0.6 is 11.6 Å². The molecule has 6 nitrogen and oxygen atoms in total. The number of esters is 1. The highest BCUT2D eigenvalue weighted by Crippen LogP contribution is 2.19. The summed E-state index contributed by atoms with van der Waals surface area (Å²) in [5.74, 6) is -0.528. The summed E-state index contributed by atoms with van der Waals surface area (Å²) >= 11 is 6.04. The minimum atomic E-state index is -0.528. The Kier molecular flexibility index (Phi) is 3.71. The van der Waals surface area contributed by atoms with Crippen LogP contribution in [-0.4, -0.2) is 20.7 Å². The average Bonchev–Trinajstić information content (AvgIpc) is 2.62. The van der Waals surface area contributed by atoms with Gasteiger partial charge in [0.15, 0.2) is 0 Å². The minimum Gasteiger partial charge on any atom is -0.456 e.